The molecule has 0 aromatic heterocycles. The average Bonchev–Trinajstić information content (AvgIpc) is 2.45. The van der Waals surface area contributed by atoms with E-state index < -0.39 is 18.7 Å². The van der Waals surface area contributed by atoms with E-state index in [0.29, 0.717) is 11.9 Å². The van der Waals surface area contributed by atoms with E-state index in [1.54, 1.807) is 24.3 Å². The van der Waals surface area contributed by atoms with E-state index in [2.05, 4.69) is 0 Å². The molecule has 0 radical (unpaired) electrons. The number of aliphatic hydroxyl groups is 2. The van der Waals surface area contributed by atoms with Crippen molar-refractivity contribution < 1.29 is 24.5 Å². The third kappa shape index (κ3) is 5.46. The predicted octanol–water partition coefficient (Wildman–Crippen LogP) is 0.555. The average molecular weight is 264 g/mol. The molecule has 1 aromatic rings. The van der Waals surface area contributed by atoms with Crippen LogP contribution in [0.3, 0.4) is 0 Å². The predicted molar refractivity (Wildman–Crippen MR) is 69.2 cm³/mol. The molecule has 0 heterocycles. The molecule has 1 aromatic carbocycles. The minimum atomic E-state index is -1.08. The highest BCUT2D eigenvalue weighted by atomic mass is 16.5. The molecule has 19 heavy (non-hydrogen) atoms. The Hall–Kier alpha value is -1.98. The van der Waals surface area contributed by atoms with Gasteiger partial charge in [0, 0.05) is 0 Å². The van der Waals surface area contributed by atoms with E-state index in [-0.39, 0.29) is 13.0 Å². The molecule has 0 aliphatic rings. The van der Waals surface area contributed by atoms with Crippen LogP contribution in [0.4, 0.5) is 0 Å². The number of esters is 1. The maximum Gasteiger partial charge on any atom is 0.310 e. The third-order valence-electron chi connectivity index (χ3n) is 2.40. The first kappa shape index (κ1) is 15.1. The van der Waals surface area contributed by atoms with Gasteiger partial charge in [0.25, 0.3) is 0 Å². The van der Waals surface area contributed by atoms with Gasteiger partial charge in [0.15, 0.2) is 0 Å². The van der Waals surface area contributed by atoms with Crippen molar-refractivity contribution in [3.05, 3.63) is 42.0 Å². The lowest BCUT2D eigenvalue weighted by Gasteiger charge is -2.10. The Labute approximate surface area is 111 Å². The molecule has 0 spiro atoms. The zero-order valence-corrected chi connectivity index (χ0v) is 10.4. The summed E-state index contributed by atoms with van der Waals surface area (Å²) >= 11 is 0. The van der Waals surface area contributed by atoms with Crippen LogP contribution in [0.25, 0.3) is 5.57 Å². The van der Waals surface area contributed by atoms with Crippen molar-refractivity contribution in [2.24, 2.45) is 0 Å². The molecule has 5 heteroatoms. The molecule has 1 unspecified atom stereocenters. The van der Waals surface area contributed by atoms with Gasteiger partial charge in [-0.2, -0.15) is 0 Å². The van der Waals surface area contributed by atoms with Crippen LogP contribution in [0.2, 0.25) is 0 Å². The van der Waals surface area contributed by atoms with E-state index in [9.17, 15) is 9.59 Å². The Morgan fingerprint density at radius 2 is 2.00 bits per heavy atom. The number of allylic oxidation sites excluding steroid dienone is 1. The summed E-state index contributed by atoms with van der Waals surface area (Å²) in [7, 11) is 0. The first-order valence-corrected chi connectivity index (χ1v) is 5.81. The van der Waals surface area contributed by atoms with Gasteiger partial charge in [0.05, 0.1) is 13.0 Å². The number of aliphatic hydroxyl groups excluding tert-OH is 2. The smallest absolute Gasteiger partial charge is 0.310 e. The third-order valence-corrected chi connectivity index (χ3v) is 2.40. The van der Waals surface area contributed by atoms with Crippen molar-refractivity contribution in [3.8, 4) is 0 Å². The number of ether oxygens (including phenoxy) is 1. The van der Waals surface area contributed by atoms with Crippen molar-refractivity contribution in [2.75, 3.05) is 13.2 Å². The topological polar surface area (TPSA) is 83.8 Å². The number of carbonyl (C=O) groups excluding carboxylic acids is 2. The molecule has 0 amide bonds. The van der Waals surface area contributed by atoms with Crippen molar-refractivity contribution in [3.63, 3.8) is 0 Å². The highest BCUT2D eigenvalue weighted by Crippen LogP contribution is 2.17. The minimum absolute atomic E-state index is 0.0685. The van der Waals surface area contributed by atoms with E-state index in [0.717, 1.165) is 5.56 Å². The van der Waals surface area contributed by atoms with E-state index >= 15 is 0 Å². The van der Waals surface area contributed by atoms with Gasteiger partial charge in [-0.25, -0.2) is 0 Å². The summed E-state index contributed by atoms with van der Waals surface area (Å²) in [4.78, 5) is 22.1. The Bertz CT molecular complexity index is 438. The van der Waals surface area contributed by atoms with E-state index in [4.69, 9.17) is 14.9 Å². The van der Waals surface area contributed by atoms with Crippen molar-refractivity contribution in [2.45, 2.75) is 12.5 Å². The number of rotatable bonds is 7. The summed E-state index contributed by atoms with van der Waals surface area (Å²) < 4.78 is 4.79. The van der Waals surface area contributed by atoms with E-state index in [1.807, 2.05) is 6.07 Å². The van der Waals surface area contributed by atoms with Crippen molar-refractivity contribution in [1.29, 1.82) is 0 Å². The summed E-state index contributed by atoms with van der Waals surface area (Å²) in [5, 5.41) is 17.7. The fourth-order valence-corrected chi connectivity index (χ4v) is 1.44. The second-order valence-corrected chi connectivity index (χ2v) is 3.89. The highest BCUT2D eigenvalue weighted by Gasteiger charge is 2.11. The lowest BCUT2D eigenvalue weighted by atomic mass is 10.0. The van der Waals surface area contributed by atoms with Gasteiger partial charge in [-0.15, -0.1) is 0 Å². The van der Waals surface area contributed by atoms with E-state index in [1.165, 1.54) is 6.08 Å². The Morgan fingerprint density at radius 3 is 2.58 bits per heavy atom. The molecule has 1 rings (SSSR count). The largest absolute Gasteiger partial charge is 0.463 e. The van der Waals surface area contributed by atoms with Gasteiger partial charge in [-0.05, 0) is 17.2 Å². The minimum Gasteiger partial charge on any atom is -0.463 e. The fourth-order valence-electron chi connectivity index (χ4n) is 1.44. The lowest BCUT2D eigenvalue weighted by molar-refractivity contribution is -0.146. The summed E-state index contributed by atoms with van der Waals surface area (Å²) in [6, 6.07) is 9.00. The van der Waals surface area contributed by atoms with Crippen molar-refractivity contribution >= 4 is 17.8 Å². The Kier molecular flexibility index (Phi) is 6.49. The van der Waals surface area contributed by atoms with Crippen LogP contribution in [0, 0.1) is 0 Å². The number of aldehydes is 1. The molecule has 0 aliphatic heterocycles. The van der Waals surface area contributed by atoms with Crippen LogP contribution in [-0.2, 0) is 14.3 Å². The molecule has 0 fully saturated rings. The van der Waals surface area contributed by atoms with Crippen LogP contribution in [0.1, 0.15) is 12.0 Å². The maximum absolute atomic E-state index is 11.6. The Balaban J connectivity index is 2.63. The fraction of sp³-hybridized carbons (Fsp3) is 0.286. The second kappa shape index (κ2) is 8.18. The summed E-state index contributed by atoms with van der Waals surface area (Å²) in [5.74, 6) is -0.565. The normalized spacial score (nSPS) is 12.8. The first-order chi connectivity index (χ1) is 9.17. The zero-order valence-electron chi connectivity index (χ0n) is 10.4. The van der Waals surface area contributed by atoms with Gasteiger partial charge in [0.1, 0.15) is 19.0 Å². The van der Waals surface area contributed by atoms with Gasteiger partial charge in [-0.3, -0.25) is 9.59 Å². The SMILES string of the molecule is O=CC=C(CC(=O)OCC(O)CO)c1ccccc1. The number of hydrogen-bond acceptors (Lipinski definition) is 5. The Morgan fingerprint density at radius 1 is 1.32 bits per heavy atom. The highest BCUT2D eigenvalue weighted by molar-refractivity contribution is 5.90. The molecule has 0 bridgehead atoms. The van der Waals surface area contributed by atoms with Crippen LogP contribution in [0.15, 0.2) is 36.4 Å². The second-order valence-electron chi connectivity index (χ2n) is 3.89. The van der Waals surface area contributed by atoms with Crippen LogP contribution < -0.4 is 0 Å². The summed E-state index contributed by atoms with van der Waals surface area (Å²) in [6.07, 6.45) is 0.761. The maximum atomic E-state index is 11.6. The molecule has 0 aliphatic carbocycles. The molecule has 0 saturated heterocycles. The van der Waals surface area contributed by atoms with Gasteiger partial charge in [-0.1, -0.05) is 30.3 Å². The number of benzene rings is 1. The van der Waals surface area contributed by atoms with Crippen LogP contribution in [-0.4, -0.2) is 41.8 Å². The van der Waals surface area contributed by atoms with Crippen molar-refractivity contribution in [1.82, 2.24) is 0 Å². The molecular weight excluding hydrogens is 248 g/mol. The monoisotopic (exact) mass is 264 g/mol. The molecule has 1 atom stereocenters. The van der Waals surface area contributed by atoms with Gasteiger partial charge in [0.2, 0.25) is 0 Å². The molecule has 102 valence electrons. The standard InChI is InChI=1S/C14H16O5/c15-7-6-12(11-4-2-1-3-5-11)8-14(18)19-10-13(17)9-16/h1-7,13,16-17H,8-10H2. The molecule has 5 nitrogen and oxygen atoms in total. The summed E-state index contributed by atoms with van der Waals surface area (Å²) in [6.45, 7) is -0.735. The molecular formula is C14H16O5. The van der Waals surface area contributed by atoms with Crippen LogP contribution >= 0.6 is 0 Å². The lowest BCUT2D eigenvalue weighted by Crippen LogP contribution is -2.22. The molecule has 2 N–H and O–H groups in total. The quantitative estimate of drug-likeness (QED) is 0.427. The zero-order chi connectivity index (χ0) is 14.1. The number of hydrogen-bond donors (Lipinski definition) is 2. The van der Waals surface area contributed by atoms with Gasteiger partial charge < -0.3 is 14.9 Å². The number of carbonyl (C=O) groups is 2. The molecule has 0 saturated carbocycles. The van der Waals surface area contributed by atoms with Gasteiger partial charge >= 0.3 is 5.97 Å². The van der Waals surface area contributed by atoms with Crippen LogP contribution in [0.5, 0.6) is 0 Å². The first-order valence-electron chi connectivity index (χ1n) is 5.81. The summed E-state index contributed by atoms with van der Waals surface area (Å²) in [5.41, 5.74) is 1.30.